The molecular weight excluding hydrogens is 542 g/mol. The number of amides is 2. The van der Waals surface area contributed by atoms with Crippen LogP contribution in [0, 0.1) is 0 Å². The Kier molecular flexibility index (Phi) is 8.72. The van der Waals surface area contributed by atoms with Crippen molar-refractivity contribution in [2.75, 3.05) is 45.6 Å². The highest BCUT2D eigenvalue weighted by atomic mass is 16.6. The van der Waals surface area contributed by atoms with Gasteiger partial charge in [0.1, 0.15) is 17.3 Å². The van der Waals surface area contributed by atoms with E-state index >= 15 is 0 Å². The van der Waals surface area contributed by atoms with Crippen LogP contribution in [0.1, 0.15) is 27.9 Å². The summed E-state index contributed by atoms with van der Waals surface area (Å²) in [6, 6.07) is 10.9. The minimum Gasteiger partial charge on any atom is -0.491 e. The molecule has 5 rings (SSSR count). The molecule has 2 aliphatic rings. The zero-order valence-corrected chi connectivity index (χ0v) is 23.0. The number of hydrogen-bond acceptors (Lipinski definition) is 12. The second-order valence-corrected chi connectivity index (χ2v) is 9.27. The van der Waals surface area contributed by atoms with Gasteiger partial charge in [0, 0.05) is 31.0 Å². The van der Waals surface area contributed by atoms with Crippen molar-refractivity contribution in [2.45, 2.75) is 12.8 Å². The number of aromatic nitrogens is 2. The van der Waals surface area contributed by atoms with E-state index in [4.69, 9.17) is 30.7 Å². The number of methoxy groups -OCH3 is 1. The van der Waals surface area contributed by atoms with Crippen LogP contribution < -0.4 is 36.3 Å². The Labute approximate surface area is 241 Å². The van der Waals surface area contributed by atoms with Crippen molar-refractivity contribution in [1.82, 2.24) is 25.5 Å². The average Bonchev–Trinajstić information content (AvgIpc) is 3.49. The Hall–Kier alpha value is -5.24. The van der Waals surface area contributed by atoms with Gasteiger partial charge in [-0.1, -0.05) is 12.1 Å². The standard InChI is InChI=1S/C28H31N9O5/c1-40-23-21(41-14-2-11-32-28(39)42-19-5-3-17(4-6-19)9-10-29)8-7-20-22(23)35-27(37-13-12-31-24(20)37)36-25(38)18-15-33-26(30)34-16-18/h3-8,15-16H,2,9-14,29H2,1H3,(H,32,39)(H2,30,33,34)(H,35,36,38). The molecule has 0 saturated heterocycles. The van der Waals surface area contributed by atoms with Crippen LogP contribution in [-0.4, -0.2) is 78.6 Å². The summed E-state index contributed by atoms with van der Waals surface area (Å²) in [7, 11) is 1.52. The molecule has 218 valence electrons. The van der Waals surface area contributed by atoms with E-state index < -0.39 is 12.0 Å². The molecule has 2 amide bonds. The molecule has 0 atom stereocenters. The molecule has 3 aromatic rings. The van der Waals surface area contributed by atoms with Gasteiger partial charge in [0.05, 0.1) is 25.8 Å². The van der Waals surface area contributed by atoms with Gasteiger partial charge < -0.3 is 31.0 Å². The smallest absolute Gasteiger partial charge is 0.412 e. The fourth-order valence-corrected chi connectivity index (χ4v) is 4.41. The zero-order valence-electron chi connectivity index (χ0n) is 23.0. The first-order valence-electron chi connectivity index (χ1n) is 13.3. The van der Waals surface area contributed by atoms with Gasteiger partial charge in [-0.05, 0) is 49.2 Å². The number of carbonyl (C=O) groups excluding carboxylic acids is 2. The predicted octanol–water partition coefficient (Wildman–Crippen LogP) is 1.62. The van der Waals surface area contributed by atoms with Crippen molar-refractivity contribution in [1.29, 1.82) is 0 Å². The molecule has 0 saturated carbocycles. The highest BCUT2D eigenvalue weighted by Crippen LogP contribution is 2.43. The number of nitrogens with zero attached hydrogens (tertiary/aromatic N) is 5. The maximum Gasteiger partial charge on any atom is 0.412 e. The van der Waals surface area contributed by atoms with Crippen molar-refractivity contribution >= 4 is 35.4 Å². The lowest BCUT2D eigenvalue weighted by molar-refractivity contribution is 0.0973. The number of carbonyl (C=O) groups is 2. The Balaban J connectivity index is 1.20. The van der Waals surface area contributed by atoms with Crippen molar-refractivity contribution in [3.63, 3.8) is 0 Å². The minimum atomic E-state index is -0.552. The third-order valence-corrected chi connectivity index (χ3v) is 6.43. The zero-order chi connectivity index (χ0) is 29.5. The topological polar surface area (TPSA) is 192 Å². The minimum absolute atomic E-state index is 0.0713. The van der Waals surface area contributed by atoms with Gasteiger partial charge in [0.25, 0.3) is 5.91 Å². The van der Waals surface area contributed by atoms with Crippen LogP contribution >= 0.6 is 0 Å². The molecule has 0 fully saturated rings. The molecule has 2 aliphatic heterocycles. The number of benzene rings is 2. The Morgan fingerprint density at radius 3 is 2.62 bits per heavy atom. The first kappa shape index (κ1) is 28.3. The third kappa shape index (κ3) is 6.39. The van der Waals surface area contributed by atoms with E-state index in [1.165, 1.54) is 19.5 Å². The van der Waals surface area contributed by atoms with E-state index in [9.17, 15) is 9.59 Å². The van der Waals surface area contributed by atoms with E-state index in [-0.39, 0.29) is 11.5 Å². The highest BCUT2D eigenvalue weighted by Gasteiger charge is 2.33. The molecule has 42 heavy (non-hydrogen) atoms. The number of hydrogen-bond donors (Lipinski definition) is 4. The Bertz CT molecular complexity index is 1510. The summed E-state index contributed by atoms with van der Waals surface area (Å²) in [5.41, 5.74) is 13.6. The fourth-order valence-electron chi connectivity index (χ4n) is 4.41. The number of aliphatic imine (C=N–C) groups is 2. The summed E-state index contributed by atoms with van der Waals surface area (Å²) in [6.45, 7) is 2.29. The van der Waals surface area contributed by atoms with Gasteiger partial charge in [-0.3, -0.25) is 20.0 Å². The summed E-state index contributed by atoms with van der Waals surface area (Å²) < 4.78 is 17.0. The highest BCUT2D eigenvalue weighted by molar-refractivity contribution is 6.20. The van der Waals surface area contributed by atoms with Crippen LogP contribution in [0.25, 0.3) is 0 Å². The molecule has 6 N–H and O–H groups in total. The lowest BCUT2D eigenvalue weighted by atomic mass is 10.1. The number of ether oxygens (including phenoxy) is 3. The largest absolute Gasteiger partial charge is 0.491 e. The number of nitrogen functional groups attached to an aromatic ring is 1. The maximum absolute atomic E-state index is 12.9. The first-order chi connectivity index (χ1) is 20.5. The first-order valence-corrected chi connectivity index (χ1v) is 13.3. The van der Waals surface area contributed by atoms with Crippen LogP contribution in [0.4, 0.5) is 16.4 Å². The van der Waals surface area contributed by atoms with E-state index in [0.717, 1.165) is 17.5 Å². The van der Waals surface area contributed by atoms with Gasteiger partial charge in [-0.25, -0.2) is 19.8 Å². The monoisotopic (exact) mass is 573 g/mol. The van der Waals surface area contributed by atoms with Crippen LogP contribution in [0.3, 0.4) is 0 Å². The van der Waals surface area contributed by atoms with Gasteiger partial charge in [0.2, 0.25) is 11.9 Å². The molecule has 2 aromatic carbocycles. The number of nitrogens with two attached hydrogens (primary N) is 2. The molecular formula is C28H31N9O5. The number of rotatable bonds is 10. The lowest BCUT2D eigenvalue weighted by Crippen LogP contribution is -2.47. The SMILES string of the molecule is COc1c(OCCCNC(=O)Oc2ccc(CCN)cc2)ccc2c1N=C(NC(=O)c1cnc(N)nc1)N1CCN=C21. The van der Waals surface area contributed by atoms with Crippen molar-refractivity contribution in [3.8, 4) is 17.2 Å². The second-order valence-electron chi connectivity index (χ2n) is 9.27. The summed E-state index contributed by atoms with van der Waals surface area (Å²) in [4.78, 5) is 43.9. The van der Waals surface area contributed by atoms with Crippen LogP contribution in [-0.2, 0) is 6.42 Å². The van der Waals surface area contributed by atoms with Gasteiger partial charge in [0.15, 0.2) is 11.5 Å². The number of nitrogens with one attached hydrogen (secondary N) is 2. The van der Waals surface area contributed by atoms with E-state index in [1.807, 2.05) is 23.1 Å². The van der Waals surface area contributed by atoms with Crippen LogP contribution in [0.2, 0.25) is 0 Å². The quantitative estimate of drug-likeness (QED) is 0.259. The summed E-state index contributed by atoms with van der Waals surface area (Å²) >= 11 is 0. The van der Waals surface area contributed by atoms with Crippen molar-refractivity contribution < 1.29 is 23.8 Å². The third-order valence-electron chi connectivity index (χ3n) is 6.43. The van der Waals surface area contributed by atoms with Gasteiger partial charge in [-0.2, -0.15) is 0 Å². The predicted molar refractivity (Wildman–Crippen MR) is 155 cm³/mol. The summed E-state index contributed by atoms with van der Waals surface area (Å²) in [5, 5.41) is 5.53. The number of fused-ring (bicyclic) bond motifs is 3. The van der Waals surface area contributed by atoms with Crippen molar-refractivity contribution in [2.24, 2.45) is 15.7 Å². The number of amidine groups is 1. The molecule has 14 heteroatoms. The summed E-state index contributed by atoms with van der Waals surface area (Å²) in [5.74, 6) is 1.91. The summed E-state index contributed by atoms with van der Waals surface area (Å²) in [6.07, 6.45) is 3.41. The molecule has 3 heterocycles. The van der Waals surface area contributed by atoms with Gasteiger partial charge >= 0.3 is 6.09 Å². The van der Waals surface area contributed by atoms with Crippen molar-refractivity contribution in [3.05, 3.63) is 65.5 Å². The van der Waals surface area contributed by atoms with E-state index in [2.05, 4.69) is 25.6 Å². The van der Waals surface area contributed by atoms with E-state index in [0.29, 0.717) is 73.9 Å². The van der Waals surface area contributed by atoms with Crippen LogP contribution in [0.5, 0.6) is 17.2 Å². The van der Waals surface area contributed by atoms with Crippen LogP contribution in [0.15, 0.2) is 58.8 Å². The maximum atomic E-state index is 12.9. The van der Waals surface area contributed by atoms with Gasteiger partial charge in [-0.15, -0.1) is 0 Å². The lowest BCUT2D eigenvalue weighted by Gasteiger charge is -2.28. The normalized spacial score (nSPS) is 13.3. The second kappa shape index (κ2) is 13.0. The molecule has 0 bridgehead atoms. The molecule has 0 unspecified atom stereocenters. The molecule has 0 aliphatic carbocycles. The Morgan fingerprint density at radius 1 is 1.10 bits per heavy atom. The Morgan fingerprint density at radius 2 is 1.88 bits per heavy atom. The molecule has 14 nitrogen and oxygen atoms in total. The number of anilines is 1. The van der Waals surface area contributed by atoms with E-state index in [1.54, 1.807) is 18.2 Å². The molecule has 0 spiro atoms. The molecule has 1 aromatic heterocycles. The fraction of sp³-hybridized carbons (Fsp3) is 0.286. The average molecular weight is 574 g/mol. The molecule has 0 radical (unpaired) electrons. The number of guanidine groups is 1.